The minimum atomic E-state index is 0.388. The fraction of sp³-hybridized carbons (Fsp3) is 0.286. The number of nitrogens with two attached hydrogens (primary N) is 1. The highest BCUT2D eigenvalue weighted by Crippen LogP contribution is 2.06. The zero-order valence-corrected chi connectivity index (χ0v) is 10.6. The van der Waals surface area contributed by atoms with Crippen LogP contribution in [-0.4, -0.2) is 21.3 Å². The van der Waals surface area contributed by atoms with Gasteiger partial charge in [0.1, 0.15) is 11.6 Å². The summed E-state index contributed by atoms with van der Waals surface area (Å²) in [5.41, 5.74) is 7.50. The normalized spacial score (nSPS) is 9.94. The molecule has 0 bridgehead atoms. The zero-order valence-electron chi connectivity index (χ0n) is 10.6. The molecule has 2 N–H and O–H groups in total. The van der Waals surface area contributed by atoms with Crippen LogP contribution in [0.15, 0.2) is 24.3 Å². The monoisotopic (exact) mass is 240 g/mol. The van der Waals surface area contributed by atoms with Crippen LogP contribution in [0.4, 0.5) is 0 Å². The summed E-state index contributed by atoms with van der Waals surface area (Å²) < 4.78 is 1.90. The number of hydrogen-bond acceptors (Lipinski definition) is 3. The van der Waals surface area contributed by atoms with E-state index in [9.17, 15) is 0 Å². The van der Waals surface area contributed by atoms with Crippen LogP contribution in [0.2, 0.25) is 0 Å². The maximum Gasteiger partial charge on any atom is 0.147 e. The average Bonchev–Trinajstić information content (AvgIpc) is 2.67. The Morgan fingerprint density at radius 1 is 1.22 bits per heavy atom. The quantitative estimate of drug-likeness (QED) is 0.804. The summed E-state index contributed by atoms with van der Waals surface area (Å²) in [4.78, 5) is 4.28. The van der Waals surface area contributed by atoms with Gasteiger partial charge in [0, 0.05) is 5.56 Å². The van der Waals surface area contributed by atoms with E-state index in [1.807, 2.05) is 30.7 Å². The lowest BCUT2D eigenvalue weighted by molar-refractivity contribution is 0.656. The van der Waals surface area contributed by atoms with Crippen molar-refractivity contribution in [2.75, 3.05) is 6.54 Å². The molecule has 0 fully saturated rings. The Labute approximate surface area is 107 Å². The molecule has 2 aromatic rings. The van der Waals surface area contributed by atoms with Gasteiger partial charge in [0.2, 0.25) is 0 Å². The van der Waals surface area contributed by atoms with Crippen molar-refractivity contribution >= 4 is 0 Å². The Kier molecular flexibility index (Phi) is 3.75. The fourth-order valence-corrected chi connectivity index (χ4v) is 1.73. The van der Waals surface area contributed by atoms with Gasteiger partial charge in [-0.3, -0.25) is 0 Å². The first-order valence-corrected chi connectivity index (χ1v) is 5.85. The van der Waals surface area contributed by atoms with Crippen LogP contribution in [0.25, 0.3) is 0 Å². The third-order valence-corrected chi connectivity index (χ3v) is 2.58. The number of aryl methyl sites for hydroxylation is 2. The van der Waals surface area contributed by atoms with E-state index in [-0.39, 0.29) is 0 Å². The van der Waals surface area contributed by atoms with Crippen molar-refractivity contribution in [2.24, 2.45) is 5.73 Å². The molecule has 0 radical (unpaired) electrons. The molecule has 1 heterocycles. The summed E-state index contributed by atoms with van der Waals surface area (Å²) in [6.45, 7) is 4.98. The zero-order chi connectivity index (χ0) is 13.0. The minimum Gasteiger partial charge on any atom is -0.320 e. The number of rotatable bonds is 2. The van der Waals surface area contributed by atoms with Crippen molar-refractivity contribution in [2.45, 2.75) is 20.4 Å². The van der Waals surface area contributed by atoms with Crippen LogP contribution in [0.1, 0.15) is 22.8 Å². The Bertz CT molecular complexity index is 584. The van der Waals surface area contributed by atoms with Crippen LogP contribution in [-0.2, 0) is 6.54 Å². The lowest BCUT2D eigenvalue weighted by Crippen LogP contribution is -2.04. The third-order valence-electron chi connectivity index (χ3n) is 2.58. The van der Waals surface area contributed by atoms with E-state index in [4.69, 9.17) is 5.73 Å². The number of benzene rings is 1. The first-order chi connectivity index (χ1) is 8.69. The van der Waals surface area contributed by atoms with Crippen LogP contribution in [0, 0.1) is 25.7 Å². The van der Waals surface area contributed by atoms with Crippen LogP contribution in [0.5, 0.6) is 0 Å². The molecule has 0 aliphatic carbocycles. The third kappa shape index (κ3) is 2.96. The second-order valence-electron chi connectivity index (χ2n) is 4.07. The van der Waals surface area contributed by atoms with Gasteiger partial charge in [0.25, 0.3) is 0 Å². The van der Waals surface area contributed by atoms with Crippen molar-refractivity contribution < 1.29 is 0 Å². The predicted octanol–water partition coefficient (Wildman–Crippen LogP) is 1.25. The lowest BCUT2D eigenvalue weighted by atomic mass is 10.1. The lowest BCUT2D eigenvalue weighted by Gasteiger charge is -2.03. The topological polar surface area (TPSA) is 56.7 Å². The van der Waals surface area contributed by atoms with E-state index < -0.39 is 0 Å². The van der Waals surface area contributed by atoms with E-state index in [0.717, 1.165) is 23.8 Å². The molecule has 0 saturated heterocycles. The fourth-order valence-electron chi connectivity index (χ4n) is 1.73. The molecule has 4 heteroatoms. The van der Waals surface area contributed by atoms with Gasteiger partial charge in [-0.2, -0.15) is 5.10 Å². The number of hydrogen-bond donors (Lipinski definition) is 1. The maximum absolute atomic E-state index is 5.34. The SMILES string of the molecule is Cc1nc(C)n(Cc2ccc(C#CCN)cc2)n1. The summed E-state index contributed by atoms with van der Waals surface area (Å²) in [7, 11) is 0. The maximum atomic E-state index is 5.34. The van der Waals surface area contributed by atoms with E-state index in [1.54, 1.807) is 0 Å². The molecule has 92 valence electrons. The first kappa shape index (κ1) is 12.3. The van der Waals surface area contributed by atoms with E-state index in [1.165, 1.54) is 5.56 Å². The van der Waals surface area contributed by atoms with Crippen LogP contribution in [0.3, 0.4) is 0 Å². The summed E-state index contributed by atoms with van der Waals surface area (Å²) in [5.74, 6) is 7.57. The second-order valence-corrected chi connectivity index (χ2v) is 4.07. The Balaban J connectivity index is 2.13. The van der Waals surface area contributed by atoms with Crippen molar-refractivity contribution in [3.05, 3.63) is 47.0 Å². The molecular formula is C14H16N4. The van der Waals surface area contributed by atoms with Gasteiger partial charge in [0.05, 0.1) is 13.1 Å². The molecule has 18 heavy (non-hydrogen) atoms. The van der Waals surface area contributed by atoms with Gasteiger partial charge in [0.15, 0.2) is 0 Å². The standard InChI is InChI=1S/C14H16N4/c1-11-16-12(2)18(17-11)10-14-7-5-13(6-8-14)4-3-9-15/h5-8H,9-10,15H2,1-2H3. The first-order valence-electron chi connectivity index (χ1n) is 5.85. The van der Waals surface area contributed by atoms with Gasteiger partial charge in [-0.1, -0.05) is 24.0 Å². The Hall–Kier alpha value is -2.12. The molecule has 4 nitrogen and oxygen atoms in total. The molecule has 0 spiro atoms. The van der Waals surface area contributed by atoms with Gasteiger partial charge >= 0.3 is 0 Å². The van der Waals surface area contributed by atoms with Crippen molar-refractivity contribution in [1.29, 1.82) is 0 Å². The van der Waals surface area contributed by atoms with Crippen LogP contribution < -0.4 is 5.73 Å². The smallest absolute Gasteiger partial charge is 0.147 e. The van der Waals surface area contributed by atoms with Gasteiger partial charge in [-0.05, 0) is 31.5 Å². The molecule has 0 aliphatic heterocycles. The Morgan fingerprint density at radius 3 is 2.50 bits per heavy atom. The van der Waals surface area contributed by atoms with E-state index in [2.05, 4.69) is 34.1 Å². The van der Waals surface area contributed by atoms with E-state index in [0.29, 0.717) is 6.54 Å². The molecule has 0 unspecified atom stereocenters. The average molecular weight is 240 g/mol. The highest BCUT2D eigenvalue weighted by Gasteiger charge is 2.02. The van der Waals surface area contributed by atoms with Crippen molar-refractivity contribution in [1.82, 2.24) is 14.8 Å². The number of aromatic nitrogens is 3. The summed E-state index contributed by atoms with van der Waals surface area (Å²) in [6, 6.07) is 8.10. The highest BCUT2D eigenvalue weighted by atomic mass is 15.3. The van der Waals surface area contributed by atoms with Gasteiger partial charge in [-0.15, -0.1) is 0 Å². The number of nitrogens with zero attached hydrogens (tertiary/aromatic N) is 3. The summed E-state index contributed by atoms with van der Waals surface area (Å²) >= 11 is 0. The summed E-state index contributed by atoms with van der Waals surface area (Å²) in [6.07, 6.45) is 0. The predicted molar refractivity (Wildman–Crippen MR) is 71.0 cm³/mol. The summed E-state index contributed by atoms with van der Waals surface area (Å²) in [5, 5.41) is 4.34. The molecule has 2 rings (SSSR count). The van der Waals surface area contributed by atoms with Crippen molar-refractivity contribution in [3.8, 4) is 11.8 Å². The highest BCUT2D eigenvalue weighted by molar-refractivity contribution is 5.36. The molecule has 0 saturated carbocycles. The molecule has 0 aliphatic rings. The Morgan fingerprint density at radius 2 is 1.94 bits per heavy atom. The largest absolute Gasteiger partial charge is 0.320 e. The van der Waals surface area contributed by atoms with Gasteiger partial charge in [-0.25, -0.2) is 9.67 Å². The molecule has 1 aromatic carbocycles. The van der Waals surface area contributed by atoms with Gasteiger partial charge < -0.3 is 5.73 Å². The van der Waals surface area contributed by atoms with E-state index >= 15 is 0 Å². The van der Waals surface area contributed by atoms with Crippen LogP contribution >= 0.6 is 0 Å². The van der Waals surface area contributed by atoms with Crippen molar-refractivity contribution in [3.63, 3.8) is 0 Å². The molecular weight excluding hydrogens is 224 g/mol. The molecule has 1 aromatic heterocycles. The molecule has 0 atom stereocenters. The minimum absolute atomic E-state index is 0.388. The molecule has 0 amide bonds. The second kappa shape index (κ2) is 5.48.